The number of hydrogen-bond donors (Lipinski definition) is 1. The second-order valence-corrected chi connectivity index (χ2v) is 3.07. The van der Waals surface area contributed by atoms with Gasteiger partial charge in [0, 0.05) is 12.4 Å². The summed E-state index contributed by atoms with van der Waals surface area (Å²) >= 11 is 0. The highest BCUT2D eigenvalue weighted by Crippen LogP contribution is 2.32. The van der Waals surface area contributed by atoms with Gasteiger partial charge in [-0.05, 0) is 24.8 Å². The Bertz CT molecular complexity index is 277. The van der Waals surface area contributed by atoms with Crippen LogP contribution in [0.25, 0.3) is 0 Å². The fraction of sp³-hybridized carbons (Fsp3) is 0.500. The van der Waals surface area contributed by atoms with E-state index in [0.29, 0.717) is 0 Å². The molecule has 0 spiro atoms. The van der Waals surface area contributed by atoms with Crippen molar-refractivity contribution in [1.29, 1.82) is 0 Å². The van der Waals surface area contributed by atoms with Gasteiger partial charge in [-0.3, -0.25) is 4.79 Å². The van der Waals surface area contributed by atoms with Crippen molar-refractivity contribution in [2.24, 2.45) is 5.92 Å². The fourth-order valence-electron chi connectivity index (χ4n) is 1.15. The molecular weight excluding hydrogens is 156 g/mol. The Morgan fingerprint density at radius 2 is 2.42 bits per heavy atom. The first kappa shape index (κ1) is 7.49. The molecule has 2 rings (SSSR count). The van der Waals surface area contributed by atoms with E-state index in [1.54, 1.807) is 12.3 Å². The predicted molar refractivity (Wildman–Crippen MR) is 41.6 cm³/mol. The lowest BCUT2D eigenvalue weighted by molar-refractivity contribution is 0.0593. The molecule has 1 atom stereocenters. The minimum atomic E-state index is -0.857. The first-order valence-corrected chi connectivity index (χ1v) is 4.01. The Balaban J connectivity index is 2.09. The van der Waals surface area contributed by atoms with E-state index in [-0.39, 0.29) is 11.8 Å². The van der Waals surface area contributed by atoms with Crippen molar-refractivity contribution in [2.75, 3.05) is 0 Å². The van der Waals surface area contributed by atoms with E-state index in [2.05, 4.69) is 5.10 Å². The lowest BCUT2D eigenvalue weighted by Crippen LogP contribution is -2.28. The molecule has 0 aliphatic heterocycles. The van der Waals surface area contributed by atoms with Gasteiger partial charge in [-0.25, -0.2) is 4.68 Å². The van der Waals surface area contributed by atoms with Crippen LogP contribution in [0.3, 0.4) is 0 Å². The van der Waals surface area contributed by atoms with Gasteiger partial charge in [-0.1, -0.05) is 0 Å². The minimum absolute atomic E-state index is 0.168. The molecule has 1 aliphatic rings. The van der Waals surface area contributed by atoms with Crippen LogP contribution in [0.15, 0.2) is 18.5 Å². The monoisotopic (exact) mass is 166 g/mol. The summed E-state index contributed by atoms with van der Waals surface area (Å²) in [6.45, 7) is 0. The maximum absolute atomic E-state index is 11.3. The predicted octanol–water partition coefficient (Wildman–Crippen LogP) is 0.294. The van der Waals surface area contributed by atoms with Crippen LogP contribution in [-0.4, -0.2) is 26.9 Å². The van der Waals surface area contributed by atoms with Gasteiger partial charge in [-0.2, -0.15) is 5.10 Å². The summed E-state index contributed by atoms with van der Waals surface area (Å²) in [6.07, 6.45) is 4.12. The SMILES string of the molecule is O=C(C(O)C1CC1)n1cccn1. The number of carbonyl (C=O) groups excluding carboxylic acids is 1. The summed E-state index contributed by atoms with van der Waals surface area (Å²) in [4.78, 5) is 11.3. The summed E-state index contributed by atoms with van der Waals surface area (Å²) in [7, 11) is 0. The Morgan fingerprint density at radius 1 is 1.67 bits per heavy atom. The number of aliphatic hydroxyl groups is 1. The Morgan fingerprint density at radius 3 is 2.92 bits per heavy atom. The molecule has 1 fully saturated rings. The van der Waals surface area contributed by atoms with Crippen molar-refractivity contribution in [1.82, 2.24) is 9.78 Å². The lowest BCUT2D eigenvalue weighted by Gasteiger charge is -2.06. The van der Waals surface area contributed by atoms with Crippen molar-refractivity contribution in [3.8, 4) is 0 Å². The second-order valence-electron chi connectivity index (χ2n) is 3.07. The molecular formula is C8H10N2O2. The summed E-state index contributed by atoms with van der Waals surface area (Å²) in [5.41, 5.74) is 0. The standard InChI is InChI=1S/C8H10N2O2/c11-7(6-2-3-6)8(12)10-5-1-4-9-10/h1,4-7,11H,2-3H2. The maximum Gasteiger partial charge on any atom is 0.275 e. The second kappa shape index (κ2) is 2.71. The van der Waals surface area contributed by atoms with Crippen molar-refractivity contribution >= 4 is 5.91 Å². The first-order valence-electron chi connectivity index (χ1n) is 4.01. The third-order valence-electron chi connectivity index (χ3n) is 2.05. The molecule has 1 aromatic heterocycles. The molecule has 0 bridgehead atoms. The first-order chi connectivity index (χ1) is 5.79. The number of nitrogens with zero attached hydrogens (tertiary/aromatic N) is 2. The van der Waals surface area contributed by atoms with E-state index >= 15 is 0 Å². The van der Waals surface area contributed by atoms with Crippen molar-refractivity contribution in [2.45, 2.75) is 18.9 Å². The Kier molecular flexibility index (Phi) is 1.69. The molecule has 12 heavy (non-hydrogen) atoms. The molecule has 4 nitrogen and oxygen atoms in total. The van der Waals surface area contributed by atoms with Crippen molar-refractivity contribution in [3.05, 3.63) is 18.5 Å². The largest absolute Gasteiger partial charge is 0.383 e. The third kappa shape index (κ3) is 1.25. The van der Waals surface area contributed by atoms with Crippen LogP contribution in [-0.2, 0) is 0 Å². The average molecular weight is 166 g/mol. The molecule has 0 saturated heterocycles. The van der Waals surface area contributed by atoms with E-state index in [1.807, 2.05) is 0 Å². The van der Waals surface area contributed by atoms with Crippen LogP contribution < -0.4 is 0 Å². The van der Waals surface area contributed by atoms with E-state index in [0.717, 1.165) is 12.8 Å². The van der Waals surface area contributed by atoms with Crippen LogP contribution in [0.5, 0.6) is 0 Å². The van der Waals surface area contributed by atoms with Gasteiger partial charge in [-0.15, -0.1) is 0 Å². The normalized spacial score (nSPS) is 19.1. The van der Waals surface area contributed by atoms with E-state index in [1.165, 1.54) is 10.9 Å². The Labute approximate surface area is 69.8 Å². The van der Waals surface area contributed by atoms with Crippen LogP contribution in [0.4, 0.5) is 0 Å². The molecule has 0 radical (unpaired) electrons. The Hall–Kier alpha value is -1.16. The van der Waals surface area contributed by atoms with E-state index < -0.39 is 6.10 Å². The molecule has 4 heteroatoms. The molecule has 64 valence electrons. The zero-order valence-electron chi connectivity index (χ0n) is 6.55. The highest BCUT2D eigenvalue weighted by atomic mass is 16.3. The minimum Gasteiger partial charge on any atom is -0.383 e. The summed E-state index contributed by atoms with van der Waals surface area (Å²) in [5.74, 6) is -0.149. The van der Waals surface area contributed by atoms with Crippen molar-refractivity contribution < 1.29 is 9.90 Å². The number of rotatable bonds is 2. The van der Waals surface area contributed by atoms with Gasteiger partial charge in [0.15, 0.2) is 0 Å². The van der Waals surface area contributed by atoms with E-state index in [4.69, 9.17) is 0 Å². The average Bonchev–Trinajstić information content (AvgIpc) is 2.79. The molecule has 1 saturated carbocycles. The molecule has 1 unspecified atom stereocenters. The van der Waals surface area contributed by atoms with Crippen LogP contribution in [0.2, 0.25) is 0 Å². The maximum atomic E-state index is 11.3. The number of hydrogen-bond acceptors (Lipinski definition) is 3. The smallest absolute Gasteiger partial charge is 0.275 e. The quantitative estimate of drug-likeness (QED) is 0.687. The van der Waals surface area contributed by atoms with Gasteiger partial charge in [0.05, 0.1) is 0 Å². The summed E-state index contributed by atoms with van der Waals surface area (Å²) < 4.78 is 1.18. The highest BCUT2D eigenvalue weighted by Gasteiger charge is 2.35. The number of aromatic nitrogens is 2. The number of carbonyl (C=O) groups is 1. The van der Waals surface area contributed by atoms with Crippen molar-refractivity contribution in [3.63, 3.8) is 0 Å². The van der Waals surface area contributed by atoms with E-state index in [9.17, 15) is 9.90 Å². The summed E-state index contributed by atoms with van der Waals surface area (Å²) in [5, 5.41) is 13.2. The third-order valence-corrected chi connectivity index (χ3v) is 2.05. The van der Waals surface area contributed by atoms with Gasteiger partial charge in [0.1, 0.15) is 6.10 Å². The molecule has 0 amide bonds. The van der Waals surface area contributed by atoms with Crippen LogP contribution in [0.1, 0.15) is 17.6 Å². The molecule has 0 aromatic carbocycles. The highest BCUT2D eigenvalue weighted by molar-refractivity contribution is 5.82. The summed E-state index contributed by atoms with van der Waals surface area (Å²) in [6, 6.07) is 1.66. The van der Waals surface area contributed by atoms with Gasteiger partial charge < -0.3 is 5.11 Å². The molecule has 1 aliphatic carbocycles. The number of aliphatic hydroxyl groups excluding tert-OH is 1. The zero-order valence-corrected chi connectivity index (χ0v) is 6.55. The zero-order chi connectivity index (χ0) is 8.55. The van der Waals surface area contributed by atoms with Gasteiger partial charge >= 0.3 is 0 Å². The van der Waals surface area contributed by atoms with Crippen LogP contribution >= 0.6 is 0 Å². The van der Waals surface area contributed by atoms with Gasteiger partial charge in [0.25, 0.3) is 5.91 Å². The lowest BCUT2D eigenvalue weighted by atomic mass is 10.2. The molecule has 1 N–H and O–H groups in total. The molecule has 1 heterocycles. The topological polar surface area (TPSA) is 55.1 Å². The fourth-order valence-corrected chi connectivity index (χ4v) is 1.15. The molecule has 1 aromatic rings. The van der Waals surface area contributed by atoms with Crippen LogP contribution in [0, 0.1) is 5.92 Å². The van der Waals surface area contributed by atoms with Gasteiger partial charge in [0.2, 0.25) is 0 Å².